The zero-order chi connectivity index (χ0) is 22.0. The maximum absolute atomic E-state index is 13.3. The number of rotatable bonds is 6. The molecule has 0 N–H and O–H groups in total. The van der Waals surface area contributed by atoms with Gasteiger partial charge in [-0.2, -0.15) is 0 Å². The van der Waals surface area contributed by atoms with Crippen molar-refractivity contribution in [1.82, 2.24) is 4.57 Å². The third-order valence-electron chi connectivity index (χ3n) is 5.13. The molecule has 1 heterocycles. The summed E-state index contributed by atoms with van der Waals surface area (Å²) in [4.78, 5) is 26.5. The number of halogens is 1. The fourth-order valence-corrected chi connectivity index (χ4v) is 3.67. The summed E-state index contributed by atoms with van der Waals surface area (Å²) in [6, 6.07) is 19.7. The van der Waals surface area contributed by atoms with Gasteiger partial charge in [0.05, 0.1) is 30.7 Å². The SMILES string of the molecule is COc1cc2c(=O)c(C(=O)c3ccc(Cl)cc3)cn(Cc3ccccc3)c2cc1OC. The van der Waals surface area contributed by atoms with E-state index in [1.165, 1.54) is 7.11 Å². The molecule has 156 valence electrons. The van der Waals surface area contributed by atoms with E-state index in [1.54, 1.807) is 49.7 Å². The molecule has 0 fully saturated rings. The van der Waals surface area contributed by atoms with Crippen molar-refractivity contribution in [1.29, 1.82) is 0 Å². The quantitative estimate of drug-likeness (QED) is 0.404. The predicted molar refractivity (Wildman–Crippen MR) is 122 cm³/mol. The monoisotopic (exact) mass is 433 g/mol. The summed E-state index contributed by atoms with van der Waals surface area (Å²) in [5, 5.41) is 0.904. The number of aromatic nitrogens is 1. The van der Waals surface area contributed by atoms with Gasteiger partial charge in [0.15, 0.2) is 17.3 Å². The third-order valence-corrected chi connectivity index (χ3v) is 5.38. The molecule has 0 spiro atoms. The van der Waals surface area contributed by atoms with Crippen LogP contribution in [-0.2, 0) is 6.54 Å². The number of carbonyl (C=O) groups is 1. The number of methoxy groups -OCH3 is 2. The van der Waals surface area contributed by atoms with Crippen molar-refractivity contribution in [2.45, 2.75) is 6.54 Å². The summed E-state index contributed by atoms with van der Waals surface area (Å²) in [5.41, 5.74) is 1.80. The zero-order valence-corrected chi connectivity index (χ0v) is 17.8. The van der Waals surface area contributed by atoms with Crippen LogP contribution >= 0.6 is 11.6 Å². The first kappa shape index (κ1) is 20.7. The average Bonchev–Trinajstić information content (AvgIpc) is 2.80. The Balaban J connectivity index is 1.96. The molecule has 5 nitrogen and oxygen atoms in total. The number of carbonyl (C=O) groups excluding carboxylic acids is 1. The molecule has 1 aromatic heterocycles. The maximum Gasteiger partial charge on any atom is 0.200 e. The van der Waals surface area contributed by atoms with Crippen LogP contribution in [0.3, 0.4) is 0 Å². The Bertz CT molecular complexity index is 1310. The van der Waals surface area contributed by atoms with Gasteiger partial charge in [-0.15, -0.1) is 0 Å². The number of benzene rings is 3. The van der Waals surface area contributed by atoms with E-state index in [2.05, 4.69) is 0 Å². The first-order valence-electron chi connectivity index (χ1n) is 9.65. The Hall–Kier alpha value is -3.57. The van der Waals surface area contributed by atoms with Crippen LogP contribution in [0, 0.1) is 0 Å². The Labute approximate surface area is 184 Å². The minimum Gasteiger partial charge on any atom is -0.493 e. The van der Waals surface area contributed by atoms with Crippen LogP contribution in [0.1, 0.15) is 21.5 Å². The molecular formula is C25H20ClNO4. The van der Waals surface area contributed by atoms with Crippen LogP contribution in [0.15, 0.2) is 77.7 Å². The fraction of sp³-hybridized carbons (Fsp3) is 0.120. The van der Waals surface area contributed by atoms with Crippen LogP contribution in [0.25, 0.3) is 10.9 Å². The van der Waals surface area contributed by atoms with E-state index in [4.69, 9.17) is 21.1 Å². The van der Waals surface area contributed by atoms with E-state index in [0.717, 1.165) is 5.56 Å². The molecule has 0 bridgehead atoms. The molecule has 4 rings (SSSR count). The second kappa shape index (κ2) is 8.66. The number of hydrogen-bond acceptors (Lipinski definition) is 4. The minimum absolute atomic E-state index is 0.0815. The molecule has 0 aliphatic rings. The van der Waals surface area contributed by atoms with Gasteiger partial charge in [-0.3, -0.25) is 9.59 Å². The van der Waals surface area contributed by atoms with Gasteiger partial charge in [-0.1, -0.05) is 41.9 Å². The third kappa shape index (κ3) is 4.05. The van der Waals surface area contributed by atoms with Crippen LogP contribution in [-0.4, -0.2) is 24.6 Å². The molecule has 0 amide bonds. The molecule has 0 saturated heterocycles. The van der Waals surface area contributed by atoms with E-state index in [1.807, 2.05) is 34.9 Å². The highest BCUT2D eigenvalue weighted by molar-refractivity contribution is 6.30. The molecule has 31 heavy (non-hydrogen) atoms. The van der Waals surface area contributed by atoms with Crippen LogP contribution in [0.2, 0.25) is 5.02 Å². The normalized spacial score (nSPS) is 10.8. The van der Waals surface area contributed by atoms with Gasteiger partial charge in [0.2, 0.25) is 5.43 Å². The smallest absolute Gasteiger partial charge is 0.200 e. The van der Waals surface area contributed by atoms with Crippen LogP contribution in [0.4, 0.5) is 0 Å². The molecule has 0 aliphatic heterocycles. The molecular weight excluding hydrogens is 414 g/mol. The lowest BCUT2D eigenvalue weighted by Crippen LogP contribution is -2.20. The zero-order valence-electron chi connectivity index (χ0n) is 17.1. The maximum atomic E-state index is 13.3. The number of nitrogens with zero attached hydrogens (tertiary/aromatic N) is 1. The van der Waals surface area contributed by atoms with Gasteiger partial charge in [0.1, 0.15) is 0 Å². The summed E-state index contributed by atoms with van der Waals surface area (Å²) >= 11 is 5.95. The Morgan fingerprint density at radius 1 is 0.935 bits per heavy atom. The van der Waals surface area contributed by atoms with Crippen molar-refractivity contribution < 1.29 is 14.3 Å². The summed E-state index contributed by atoms with van der Waals surface area (Å²) in [5.74, 6) is 0.572. The van der Waals surface area contributed by atoms with Crippen LogP contribution in [0.5, 0.6) is 11.5 Å². The molecule has 0 unspecified atom stereocenters. The van der Waals surface area contributed by atoms with Gasteiger partial charge in [0.25, 0.3) is 0 Å². The fourth-order valence-electron chi connectivity index (χ4n) is 3.55. The minimum atomic E-state index is -0.361. The van der Waals surface area contributed by atoms with E-state index in [9.17, 15) is 9.59 Å². The van der Waals surface area contributed by atoms with Crippen molar-refractivity contribution in [2.75, 3.05) is 14.2 Å². The lowest BCUT2D eigenvalue weighted by Gasteiger charge is -2.16. The lowest BCUT2D eigenvalue weighted by atomic mass is 10.0. The second-order valence-electron chi connectivity index (χ2n) is 7.05. The molecule has 0 saturated carbocycles. The van der Waals surface area contributed by atoms with Gasteiger partial charge < -0.3 is 14.0 Å². The number of fused-ring (bicyclic) bond motifs is 1. The largest absolute Gasteiger partial charge is 0.493 e. The van der Waals surface area contributed by atoms with Crippen molar-refractivity contribution >= 4 is 28.3 Å². The van der Waals surface area contributed by atoms with Gasteiger partial charge in [0, 0.05) is 29.4 Å². The number of ketones is 1. The van der Waals surface area contributed by atoms with E-state index in [0.29, 0.717) is 39.5 Å². The van der Waals surface area contributed by atoms with Gasteiger partial charge >= 0.3 is 0 Å². The van der Waals surface area contributed by atoms with E-state index >= 15 is 0 Å². The molecule has 6 heteroatoms. The van der Waals surface area contributed by atoms with Gasteiger partial charge in [-0.25, -0.2) is 0 Å². The lowest BCUT2D eigenvalue weighted by molar-refractivity contribution is 0.103. The van der Waals surface area contributed by atoms with E-state index in [-0.39, 0.29) is 16.8 Å². The summed E-state index contributed by atoms with van der Waals surface area (Å²) in [6.07, 6.45) is 1.61. The number of ether oxygens (including phenoxy) is 2. The Morgan fingerprint density at radius 2 is 1.58 bits per heavy atom. The van der Waals surface area contributed by atoms with E-state index < -0.39 is 0 Å². The highest BCUT2D eigenvalue weighted by Crippen LogP contribution is 2.31. The van der Waals surface area contributed by atoms with Gasteiger partial charge in [-0.05, 0) is 35.9 Å². The highest BCUT2D eigenvalue weighted by Gasteiger charge is 2.19. The first-order valence-corrected chi connectivity index (χ1v) is 10.0. The van der Waals surface area contributed by atoms with Crippen molar-refractivity contribution in [3.63, 3.8) is 0 Å². The highest BCUT2D eigenvalue weighted by atomic mass is 35.5. The second-order valence-corrected chi connectivity index (χ2v) is 7.48. The summed E-state index contributed by atoms with van der Waals surface area (Å²) in [6.45, 7) is 0.480. The molecule has 0 radical (unpaired) electrons. The Morgan fingerprint density at radius 3 is 2.23 bits per heavy atom. The summed E-state index contributed by atoms with van der Waals surface area (Å²) in [7, 11) is 3.05. The van der Waals surface area contributed by atoms with Crippen LogP contribution < -0.4 is 14.9 Å². The van der Waals surface area contributed by atoms with Crippen molar-refractivity contribution in [3.05, 3.63) is 105 Å². The molecule has 0 atom stereocenters. The first-order chi connectivity index (χ1) is 15.0. The topological polar surface area (TPSA) is 57.5 Å². The Kier molecular flexibility index (Phi) is 5.78. The standard InChI is InChI=1S/C25H20ClNO4/c1-30-22-12-19-21(13-23(22)31-2)27(14-16-6-4-3-5-7-16)15-20(25(19)29)24(28)17-8-10-18(26)11-9-17/h3-13,15H,14H2,1-2H3. The molecule has 3 aromatic carbocycles. The molecule has 4 aromatic rings. The van der Waals surface area contributed by atoms with Crippen molar-refractivity contribution in [3.8, 4) is 11.5 Å². The summed E-state index contributed by atoms with van der Waals surface area (Å²) < 4.78 is 12.7. The average molecular weight is 434 g/mol. The van der Waals surface area contributed by atoms with Crippen molar-refractivity contribution in [2.24, 2.45) is 0 Å². The molecule has 0 aliphatic carbocycles. The number of pyridine rings is 1. The predicted octanol–water partition coefficient (Wildman–Crippen LogP) is 4.95. The number of hydrogen-bond donors (Lipinski definition) is 0.